The zero-order valence-corrected chi connectivity index (χ0v) is 10.9. The number of halogens is 1. The van der Waals surface area contributed by atoms with Gasteiger partial charge in [-0.3, -0.25) is 0 Å². The smallest absolute Gasteiger partial charge is 0.138 e. The van der Waals surface area contributed by atoms with Crippen molar-refractivity contribution in [3.8, 4) is 5.75 Å². The lowest BCUT2D eigenvalue weighted by Gasteiger charge is -2.16. The number of ether oxygens (including phenoxy) is 1. The molecule has 0 saturated heterocycles. The first-order valence-corrected chi connectivity index (χ1v) is 6.42. The average Bonchev–Trinajstić information content (AvgIpc) is 3.03. The highest BCUT2D eigenvalue weighted by Crippen LogP contribution is 2.36. The number of hydrogen-bond acceptors (Lipinski definition) is 1. The zero-order valence-electron chi connectivity index (χ0n) is 10.2. The van der Waals surface area contributed by atoms with Crippen molar-refractivity contribution < 1.29 is 4.74 Å². The van der Waals surface area contributed by atoms with Crippen molar-refractivity contribution in [3.63, 3.8) is 0 Å². The van der Waals surface area contributed by atoms with Crippen LogP contribution in [0, 0.1) is 5.92 Å². The minimum atomic E-state index is 0.294. The Balaban J connectivity index is 2.09. The number of benzene rings is 1. The van der Waals surface area contributed by atoms with Crippen LogP contribution in [0.2, 0.25) is 5.02 Å². The summed E-state index contributed by atoms with van der Waals surface area (Å²) in [6.45, 7) is 6.46. The van der Waals surface area contributed by atoms with Crippen molar-refractivity contribution in [2.45, 2.75) is 45.6 Å². The molecular weight excluding hydrogens is 220 g/mol. The van der Waals surface area contributed by atoms with Crippen LogP contribution >= 0.6 is 11.6 Å². The van der Waals surface area contributed by atoms with E-state index in [1.165, 1.54) is 18.4 Å². The second-order valence-corrected chi connectivity index (χ2v) is 5.41. The highest BCUT2D eigenvalue weighted by atomic mass is 35.5. The molecule has 2 heteroatoms. The Morgan fingerprint density at radius 2 is 1.94 bits per heavy atom. The molecule has 88 valence electrons. The SMILES string of the molecule is CC(C)c1ccc(OC(C)C2CC2)c(Cl)c1. The molecule has 16 heavy (non-hydrogen) atoms. The maximum atomic E-state index is 6.22. The van der Waals surface area contributed by atoms with Crippen LogP contribution in [0.15, 0.2) is 18.2 Å². The molecule has 0 bridgehead atoms. The highest BCUT2D eigenvalue weighted by Gasteiger charge is 2.29. The molecule has 0 radical (unpaired) electrons. The summed E-state index contributed by atoms with van der Waals surface area (Å²) >= 11 is 6.22. The Kier molecular flexibility index (Phi) is 3.44. The lowest BCUT2D eigenvalue weighted by atomic mass is 10.0. The molecule has 1 aliphatic rings. The van der Waals surface area contributed by atoms with E-state index in [9.17, 15) is 0 Å². The molecule has 1 nitrogen and oxygen atoms in total. The van der Waals surface area contributed by atoms with Gasteiger partial charge in [0.25, 0.3) is 0 Å². The second kappa shape index (κ2) is 4.67. The summed E-state index contributed by atoms with van der Waals surface area (Å²) in [5, 5.41) is 0.735. The topological polar surface area (TPSA) is 9.23 Å². The first-order valence-electron chi connectivity index (χ1n) is 6.04. The first kappa shape index (κ1) is 11.8. The van der Waals surface area contributed by atoms with Crippen molar-refractivity contribution in [2.75, 3.05) is 0 Å². The van der Waals surface area contributed by atoms with E-state index in [0.29, 0.717) is 12.0 Å². The van der Waals surface area contributed by atoms with E-state index in [4.69, 9.17) is 16.3 Å². The summed E-state index contributed by atoms with van der Waals surface area (Å²) in [6.07, 6.45) is 2.88. The third kappa shape index (κ3) is 2.70. The van der Waals surface area contributed by atoms with Crippen LogP contribution in [0.1, 0.15) is 45.1 Å². The van der Waals surface area contributed by atoms with Gasteiger partial charge in [0.2, 0.25) is 0 Å². The van der Waals surface area contributed by atoms with Gasteiger partial charge in [0.05, 0.1) is 11.1 Å². The molecule has 0 aromatic heterocycles. The quantitative estimate of drug-likeness (QED) is 0.743. The van der Waals surface area contributed by atoms with Crippen LogP contribution in [-0.4, -0.2) is 6.10 Å². The summed E-state index contributed by atoms with van der Waals surface area (Å²) in [4.78, 5) is 0. The molecule has 1 aromatic carbocycles. The summed E-state index contributed by atoms with van der Waals surface area (Å²) in [5.41, 5.74) is 1.26. The minimum absolute atomic E-state index is 0.294. The Labute approximate surface area is 103 Å². The van der Waals surface area contributed by atoms with Gasteiger partial charge < -0.3 is 4.74 Å². The number of rotatable bonds is 4. The molecular formula is C14H19ClO. The van der Waals surface area contributed by atoms with Gasteiger partial charge in [-0.05, 0) is 49.3 Å². The molecule has 0 aliphatic heterocycles. The van der Waals surface area contributed by atoms with Crippen LogP contribution in [-0.2, 0) is 0 Å². The van der Waals surface area contributed by atoms with E-state index >= 15 is 0 Å². The van der Waals surface area contributed by atoms with Gasteiger partial charge >= 0.3 is 0 Å². The molecule has 1 unspecified atom stereocenters. The van der Waals surface area contributed by atoms with Gasteiger partial charge in [-0.1, -0.05) is 31.5 Å². The zero-order chi connectivity index (χ0) is 11.7. The van der Waals surface area contributed by atoms with Gasteiger partial charge in [0.1, 0.15) is 5.75 Å². The molecule has 1 atom stereocenters. The van der Waals surface area contributed by atoms with Crippen LogP contribution in [0.25, 0.3) is 0 Å². The van der Waals surface area contributed by atoms with Crippen molar-refractivity contribution >= 4 is 11.6 Å². The Morgan fingerprint density at radius 3 is 2.44 bits per heavy atom. The van der Waals surface area contributed by atoms with Gasteiger partial charge in [-0.15, -0.1) is 0 Å². The van der Waals surface area contributed by atoms with E-state index in [1.807, 2.05) is 12.1 Å². The Morgan fingerprint density at radius 1 is 1.25 bits per heavy atom. The lowest BCUT2D eigenvalue weighted by molar-refractivity contribution is 0.198. The molecule has 2 rings (SSSR count). The summed E-state index contributed by atoms with van der Waals surface area (Å²) in [7, 11) is 0. The van der Waals surface area contributed by atoms with E-state index in [2.05, 4.69) is 26.8 Å². The Bertz CT molecular complexity index is 369. The molecule has 0 amide bonds. The fraction of sp³-hybridized carbons (Fsp3) is 0.571. The molecule has 1 saturated carbocycles. The summed E-state index contributed by atoms with van der Waals surface area (Å²) in [6, 6.07) is 6.11. The van der Waals surface area contributed by atoms with Gasteiger partial charge in [0, 0.05) is 0 Å². The van der Waals surface area contributed by atoms with E-state index in [-0.39, 0.29) is 0 Å². The fourth-order valence-corrected chi connectivity index (χ4v) is 2.07. The van der Waals surface area contributed by atoms with Gasteiger partial charge in [0.15, 0.2) is 0 Å². The minimum Gasteiger partial charge on any atom is -0.489 e. The third-order valence-corrected chi connectivity index (χ3v) is 3.52. The predicted octanol–water partition coefficient (Wildman–Crippen LogP) is 4.64. The molecule has 0 N–H and O–H groups in total. The van der Waals surface area contributed by atoms with Crippen molar-refractivity contribution in [3.05, 3.63) is 28.8 Å². The fourth-order valence-electron chi connectivity index (χ4n) is 1.83. The largest absolute Gasteiger partial charge is 0.489 e. The van der Waals surface area contributed by atoms with Crippen LogP contribution in [0.3, 0.4) is 0 Å². The van der Waals surface area contributed by atoms with Crippen LogP contribution in [0.4, 0.5) is 0 Å². The molecule has 1 aliphatic carbocycles. The van der Waals surface area contributed by atoms with Crippen LogP contribution < -0.4 is 4.74 Å². The first-order chi connectivity index (χ1) is 7.58. The summed E-state index contributed by atoms with van der Waals surface area (Å²) in [5.74, 6) is 2.07. The monoisotopic (exact) mass is 238 g/mol. The van der Waals surface area contributed by atoms with E-state index in [0.717, 1.165) is 16.7 Å². The summed E-state index contributed by atoms with van der Waals surface area (Å²) < 4.78 is 5.87. The maximum Gasteiger partial charge on any atom is 0.138 e. The highest BCUT2D eigenvalue weighted by molar-refractivity contribution is 6.32. The van der Waals surface area contributed by atoms with Crippen molar-refractivity contribution in [1.29, 1.82) is 0 Å². The third-order valence-electron chi connectivity index (χ3n) is 3.22. The van der Waals surface area contributed by atoms with Gasteiger partial charge in [-0.25, -0.2) is 0 Å². The standard InChI is InChI=1S/C14H19ClO/c1-9(2)12-6-7-14(13(15)8-12)16-10(3)11-4-5-11/h6-11H,4-5H2,1-3H3. The molecule has 0 spiro atoms. The van der Waals surface area contributed by atoms with E-state index in [1.54, 1.807) is 0 Å². The number of hydrogen-bond donors (Lipinski definition) is 0. The van der Waals surface area contributed by atoms with Gasteiger partial charge in [-0.2, -0.15) is 0 Å². The second-order valence-electron chi connectivity index (χ2n) is 5.00. The Hall–Kier alpha value is -0.690. The maximum absolute atomic E-state index is 6.22. The predicted molar refractivity (Wildman–Crippen MR) is 68.4 cm³/mol. The van der Waals surface area contributed by atoms with Crippen molar-refractivity contribution in [1.82, 2.24) is 0 Å². The molecule has 0 heterocycles. The van der Waals surface area contributed by atoms with Crippen molar-refractivity contribution in [2.24, 2.45) is 5.92 Å². The molecule has 1 fully saturated rings. The van der Waals surface area contributed by atoms with Crippen LogP contribution in [0.5, 0.6) is 5.75 Å². The lowest BCUT2D eigenvalue weighted by Crippen LogP contribution is -2.14. The van der Waals surface area contributed by atoms with E-state index < -0.39 is 0 Å². The molecule has 1 aromatic rings. The normalized spacial score (nSPS) is 17.6. The average molecular weight is 239 g/mol.